The fraction of sp³-hybridized carbons (Fsp3) is 0.750. The number of fused-ring (bicyclic) bond motifs is 3. The van der Waals surface area contributed by atoms with E-state index in [0.717, 1.165) is 24.8 Å². The van der Waals surface area contributed by atoms with Gasteiger partial charge in [-0.25, -0.2) is 0 Å². The first kappa shape index (κ1) is 20.0. The van der Waals surface area contributed by atoms with Gasteiger partial charge >= 0.3 is 0 Å². The van der Waals surface area contributed by atoms with Crippen LogP contribution in [0.25, 0.3) is 0 Å². The molecule has 0 N–H and O–H groups in total. The number of benzene rings is 1. The molecule has 0 amide bonds. The van der Waals surface area contributed by atoms with Gasteiger partial charge in [0.15, 0.2) is 0 Å². The summed E-state index contributed by atoms with van der Waals surface area (Å²) in [6.45, 7) is 4.61. The third-order valence-corrected chi connectivity index (χ3v) is 8.16. The molecule has 0 aromatic heterocycles. The minimum atomic E-state index is 0.327. The Morgan fingerprint density at radius 1 is 1.11 bits per heavy atom. The van der Waals surface area contributed by atoms with E-state index in [1.54, 1.807) is 11.1 Å². The van der Waals surface area contributed by atoms with E-state index in [1.165, 1.54) is 44.2 Å². The molecule has 1 aromatic rings. The number of hydrogen-bond donors (Lipinski definition) is 0. The number of rotatable bonds is 5. The van der Waals surface area contributed by atoms with Gasteiger partial charge in [-0.3, -0.25) is 0 Å². The highest BCUT2D eigenvalue weighted by atomic mass is 16.5. The van der Waals surface area contributed by atoms with Crippen LogP contribution in [0.5, 0.6) is 5.75 Å². The van der Waals surface area contributed by atoms with Gasteiger partial charge in [0.1, 0.15) is 5.75 Å². The molecule has 3 atom stereocenters. The van der Waals surface area contributed by atoms with E-state index in [4.69, 9.17) is 4.74 Å². The fourth-order valence-corrected chi connectivity index (χ4v) is 6.33. The molecular formula is C24H39N3O. The predicted molar refractivity (Wildman–Crippen MR) is 118 cm³/mol. The molecule has 0 bridgehead atoms. The highest BCUT2D eigenvalue weighted by Gasteiger charge is 2.49. The Morgan fingerprint density at radius 2 is 1.86 bits per heavy atom. The summed E-state index contributed by atoms with van der Waals surface area (Å²) < 4.78 is 5.94. The fourth-order valence-electron chi connectivity index (χ4n) is 6.33. The minimum absolute atomic E-state index is 0.327. The summed E-state index contributed by atoms with van der Waals surface area (Å²) in [6.07, 6.45) is 7.88. The zero-order chi connectivity index (χ0) is 20.1. The molecule has 3 aliphatic rings. The summed E-state index contributed by atoms with van der Waals surface area (Å²) in [6, 6.07) is 6.22. The van der Waals surface area contributed by atoms with E-state index in [2.05, 4.69) is 61.9 Å². The Morgan fingerprint density at radius 3 is 2.46 bits per heavy atom. The smallest absolute Gasteiger partial charge is 0.142 e. The summed E-state index contributed by atoms with van der Waals surface area (Å²) in [5.74, 6) is 1.85. The number of nitrogens with zero attached hydrogens (tertiary/aromatic N) is 3. The largest absolute Gasteiger partial charge is 0.495 e. The van der Waals surface area contributed by atoms with Crippen molar-refractivity contribution in [1.82, 2.24) is 9.80 Å². The third-order valence-electron chi connectivity index (χ3n) is 8.16. The molecule has 1 heterocycles. The summed E-state index contributed by atoms with van der Waals surface area (Å²) in [7, 11) is 10.8. The van der Waals surface area contributed by atoms with Gasteiger partial charge in [0.25, 0.3) is 0 Å². The molecule has 28 heavy (non-hydrogen) atoms. The Hall–Kier alpha value is -1.26. The van der Waals surface area contributed by atoms with E-state index in [0.29, 0.717) is 17.5 Å². The molecule has 1 aromatic carbocycles. The minimum Gasteiger partial charge on any atom is -0.495 e. The van der Waals surface area contributed by atoms with Crippen molar-refractivity contribution < 1.29 is 4.74 Å². The first-order chi connectivity index (χ1) is 13.4. The second-order valence-corrected chi connectivity index (χ2v) is 9.80. The van der Waals surface area contributed by atoms with E-state index in [-0.39, 0.29) is 0 Å². The first-order valence-corrected chi connectivity index (χ1v) is 11.2. The maximum atomic E-state index is 5.94. The van der Waals surface area contributed by atoms with Gasteiger partial charge < -0.3 is 19.4 Å². The zero-order valence-corrected chi connectivity index (χ0v) is 18.8. The number of methoxy groups -OCH3 is 1. The van der Waals surface area contributed by atoms with E-state index in [9.17, 15) is 0 Å². The summed E-state index contributed by atoms with van der Waals surface area (Å²) in [5.41, 5.74) is 4.80. The van der Waals surface area contributed by atoms with Crippen molar-refractivity contribution in [3.8, 4) is 5.75 Å². The Balaban J connectivity index is 1.76. The Kier molecular flexibility index (Phi) is 5.39. The van der Waals surface area contributed by atoms with Crippen LogP contribution in [0.15, 0.2) is 12.1 Å². The Bertz CT molecular complexity index is 710. The van der Waals surface area contributed by atoms with Crippen LogP contribution in [-0.4, -0.2) is 70.3 Å². The van der Waals surface area contributed by atoms with Crippen molar-refractivity contribution in [2.45, 2.75) is 62.9 Å². The first-order valence-electron chi connectivity index (χ1n) is 11.2. The second-order valence-electron chi connectivity index (χ2n) is 9.80. The molecule has 2 fully saturated rings. The third kappa shape index (κ3) is 3.04. The SMILES string of the molecule is CCC12CCCCC1C(N(C)C)Cc1cc(N3CC(N(C)C)C3)c(OC)cc12. The molecular weight excluding hydrogens is 346 g/mol. The van der Waals surface area contributed by atoms with Crippen molar-refractivity contribution in [3.05, 3.63) is 23.3 Å². The summed E-state index contributed by atoms with van der Waals surface area (Å²) >= 11 is 0. The molecule has 3 unspecified atom stereocenters. The van der Waals surface area contributed by atoms with Crippen molar-refractivity contribution in [3.63, 3.8) is 0 Å². The zero-order valence-electron chi connectivity index (χ0n) is 18.8. The molecule has 2 aliphatic carbocycles. The van der Waals surface area contributed by atoms with Crippen LogP contribution in [0.3, 0.4) is 0 Å². The number of likely N-dealkylation sites (N-methyl/N-ethyl adjacent to an activating group) is 2. The van der Waals surface area contributed by atoms with Gasteiger partial charge in [-0.2, -0.15) is 0 Å². The van der Waals surface area contributed by atoms with Gasteiger partial charge in [0, 0.05) is 25.2 Å². The van der Waals surface area contributed by atoms with Gasteiger partial charge in [0.2, 0.25) is 0 Å². The highest BCUT2D eigenvalue weighted by Crippen LogP contribution is 2.54. The molecule has 0 radical (unpaired) electrons. The normalized spacial score (nSPS) is 30.2. The van der Waals surface area contributed by atoms with Crippen molar-refractivity contribution in [2.24, 2.45) is 5.92 Å². The van der Waals surface area contributed by atoms with Gasteiger partial charge in [-0.1, -0.05) is 19.8 Å². The van der Waals surface area contributed by atoms with Crippen LogP contribution in [0.2, 0.25) is 0 Å². The van der Waals surface area contributed by atoms with Crippen molar-refractivity contribution in [1.29, 1.82) is 0 Å². The average molecular weight is 386 g/mol. The predicted octanol–water partition coefficient (Wildman–Crippen LogP) is 3.77. The summed E-state index contributed by atoms with van der Waals surface area (Å²) in [4.78, 5) is 7.33. The maximum absolute atomic E-state index is 5.94. The maximum Gasteiger partial charge on any atom is 0.142 e. The summed E-state index contributed by atoms with van der Waals surface area (Å²) in [5, 5.41) is 0. The lowest BCUT2D eigenvalue weighted by Crippen LogP contribution is -2.57. The number of ether oxygens (including phenoxy) is 1. The van der Waals surface area contributed by atoms with E-state index in [1.807, 2.05) is 7.11 Å². The standard InChI is InChI=1S/C24H39N3O/c1-7-24-11-9-8-10-19(24)21(26(4)5)12-17-13-22(23(28-6)14-20(17)24)27-15-18(16-27)25(2)3/h13-14,18-19,21H,7-12,15-16H2,1-6H3. The van der Waals surface area contributed by atoms with Crippen LogP contribution < -0.4 is 9.64 Å². The molecule has 1 saturated carbocycles. The quantitative estimate of drug-likeness (QED) is 0.768. The van der Waals surface area contributed by atoms with Crippen LogP contribution in [0.1, 0.15) is 50.2 Å². The second kappa shape index (κ2) is 7.53. The Labute approximate surface area is 171 Å². The topological polar surface area (TPSA) is 19.0 Å². The van der Waals surface area contributed by atoms with Crippen LogP contribution in [-0.2, 0) is 11.8 Å². The molecule has 156 valence electrons. The molecule has 4 rings (SSSR count). The number of anilines is 1. The highest BCUT2D eigenvalue weighted by molar-refractivity contribution is 5.65. The number of hydrogen-bond acceptors (Lipinski definition) is 4. The van der Waals surface area contributed by atoms with Gasteiger partial charge in [-0.05, 0) is 88.5 Å². The lowest BCUT2D eigenvalue weighted by molar-refractivity contribution is 0.0681. The monoisotopic (exact) mass is 385 g/mol. The van der Waals surface area contributed by atoms with Crippen LogP contribution in [0, 0.1) is 5.92 Å². The van der Waals surface area contributed by atoms with Crippen LogP contribution in [0.4, 0.5) is 5.69 Å². The van der Waals surface area contributed by atoms with Gasteiger partial charge in [-0.15, -0.1) is 0 Å². The van der Waals surface area contributed by atoms with Crippen LogP contribution >= 0.6 is 0 Å². The molecule has 1 saturated heterocycles. The molecule has 4 heteroatoms. The van der Waals surface area contributed by atoms with Crippen molar-refractivity contribution in [2.75, 3.05) is 53.3 Å². The van der Waals surface area contributed by atoms with E-state index < -0.39 is 0 Å². The van der Waals surface area contributed by atoms with Gasteiger partial charge in [0.05, 0.1) is 12.8 Å². The lowest BCUT2D eigenvalue weighted by Gasteiger charge is -2.54. The van der Waals surface area contributed by atoms with E-state index >= 15 is 0 Å². The lowest BCUT2D eigenvalue weighted by atomic mass is 9.54. The molecule has 0 spiro atoms. The molecule has 1 aliphatic heterocycles. The van der Waals surface area contributed by atoms with Crippen molar-refractivity contribution >= 4 is 5.69 Å². The average Bonchev–Trinajstić information content (AvgIpc) is 2.64. The molecule has 4 nitrogen and oxygen atoms in total.